The van der Waals surface area contributed by atoms with E-state index in [9.17, 15) is 22.8 Å². The summed E-state index contributed by atoms with van der Waals surface area (Å²) in [7, 11) is 1.06. The van der Waals surface area contributed by atoms with Gasteiger partial charge >= 0.3 is 12.1 Å². The number of alkyl halides is 3. The Morgan fingerprint density at radius 1 is 1.14 bits per heavy atom. The summed E-state index contributed by atoms with van der Waals surface area (Å²) in [4.78, 5) is 25.7. The molecule has 1 N–H and O–H groups in total. The molecule has 0 spiro atoms. The van der Waals surface area contributed by atoms with E-state index in [1.54, 1.807) is 0 Å². The summed E-state index contributed by atoms with van der Waals surface area (Å²) in [5.74, 6) is -3.18. The SMILES string of the molecule is COC(=O)[C@H]1N[C@@H](C2CCCCC2)[C@H](C(=O)c2ccc(Cl)cc2)[C@@]1(C)C(F)(F)F. The summed E-state index contributed by atoms with van der Waals surface area (Å²) < 4.78 is 47.9. The first-order valence-electron chi connectivity index (χ1n) is 9.81. The van der Waals surface area contributed by atoms with E-state index in [1.165, 1.54) is 24.3 Å². The Hall–Kier alpha value is -1.60. The van der Waals surface area contributed by atoms with Crippen molar-refractivity contribution in [1.29, 1.82) is 0 Å². The van der Waals surface area contributed by atoms with E-state index in [4.69, 9.17) is 11.6 Å². The van der Waals surface area contributed by atoms with E-state index < -0.39 is 41.3 Å². The highest BCUT2D eigenvalue weighted by Crippen LogP contribution is 2.55. The van der Waals surface area contributed by atoms with Crippen LogP contribution in [0.1, 0.15) is 49.4 Å². The van der Waals surface area contributed by atoms with Crippen LogP contribution in [0.4, 0.5) is 13.2 Å². The van der Waals surface area contributed by atoms with Crippen molar-refractivity contribution in [3.05, 3.63) is 34.9 Å². The molecule has 0 radical (unpaired) electrons. The molecule has 1 aliphatic carbocycles. The fourth-order valence-corrected chi connectivity index (χ4v) is 5.04. The van der Waals surface area contributed by atoms with Gasteiger partial charge in [-0.25, -0.2) is 0 Å². The van der Waals surface area contributed by atoms with E-state index in [1.807, 2.05) is 0 Å². The number of esters is 1. The maximum absolute atomic E-state index is 14.4. The van der Waals surface area contributed by atoms with Gasteiger partial charge in [-0.05, 0) is 49.9 Å². The minimum atomic E-state index is -4.78. The second-order valence-electron chi connectivity index (χ2n) is 8.18. The predicted octanol–water partition coefficient (Wildman–Crippen LogP) is 4.80. The second-order valence-corrected chi connectivity index (χ2v) is 8.61. The highest BCUT2D eigenvalue weighted by Gasteiger charge is 2.70. The van der Waals surface area contributed by atoms with Gasteiger partial charge in [0.15, 0.2) is 5.78 Å². The zero-order valence-corrected chi connectivity index (χ0v) is 17.1. The lowest BCUT2D eigenvalue weighted by Crippen LogP contribution is -2.54. The molecule has 1 aliphatic heterocycles. The number of benzene rings is 1. The van der Waals surface area contributed by atoms with Gasteiger partial charge in [0.1, 0.15) is 11.5 Å². The molecular weight excluding hydrogens is 407 g/mol. The average molecular weight is 432 g/mol. The fourth-order valence-electron chi connectivity index (χ4n) is 4.92. The number of Topliss-reactive ketones (excluding diaryl/α,β-unsaturated/α-hetero) is 1. The van der Waals surface area contributed by atoms with Crippen molar-refractivity contribution < 1.29 is 27.5 Å². The van der Waals surface area contributed by atoms with Crippen LogP contribution in [-0.2, 0) is 9.53 Å². The van der Waals surface area contributed by atoms with Gasteiger partial charge in [0.2, 0.25) is 0 Å². The highest BCUT2D eigenvalue weighted by atomic mass is 35.5. The molecule has 0 amide bonds. The third-order valence-electron chi connectivity index (χ3n) is 6.58. The number of ether oxygens (including phenoxy) is 1. The van der Waals surface area contributed by atoms with Crippen LogP contribution in [0.15, 0.2) is 24.3 Å². The minimum absolute atomic E-state index is 0.110. The normalized spacial score (nSPS) is 30.9. The predicted molar refractivity (Wildman–Crippen MR) is 103 cm³/mol. The third kappa shape index (κ3) is 3.91. The van der Waals surface area contributed by atoms with Crippen LogP contribution in [0.2, 0.25) is 5.02 Å². The first-order chi connectivity index (χ1) is 13.6. The Bertz CT molecular complexity index is 761. The number of halogens is 4. The average Bonchev–Trinajstić information content (AvgIpc) is 3.02. The van der Waals surface area contributed by atoms with Crippen LogP contribution in [0.3, 0.4) is 0 Å². The van der Waals surface area contributed by atoms with Gasteiger partial charge in [0.25, 0.3) is 0 Å². The summed E-state index contributed by atoms with van der Waals surface area (Å²) in [6, 6.07) is 3.44. The molecular formula is C21H25ClF3NO3. The highest BCUT2D eigenvalue weighted by molar-refractivity contribution is 6.30. The third-order valence-corrected chi connectivity index (χ3v) is 6.83. The van der Waals surface area contributed by atoms with Crippen molar-refractivity contribution in [2.75, 3.05) is 7.11 Å². The van der Waals surface area contributed by atoms with Gasteiger partial charge in [-0.3, -0.25) is 14.9 Å². The van der Waals surface area contributed by atoms with Crippen LogP contribution >= 0.6 is 11.6 Å². The molecule has 2 aliphatic rings. The molecule has 1 heterocycles. The Morgan fingerprint density at radius 2 is 1.72 bits per heavy atom. The maximum Gasteiger partial charge on any atom is 0.397 e. The number of rotatable bonds is 4. The molecule has 1 aromatic rings. The lowest BCUT2D eigenvalue weighted by Gasteiger charge is -2.38. The maximum atomic E-state index is 14.4. The zero-order chi connectivity index (χ0) is 21.4. The number of methoxy groups -OCH3 is 1. The smallest absolute Gasteiger partial charge is 0.397 e. The van der Waals surface area contributed by atoms with Crippen LogP contribution in [0.5, 0.6) is 0 Å². The number of hydrogen-bond donors (Lipinski definition) is 1. The largest absolute Gasteiger partial charge is 0.468 e. The summed E-state index contributed by atoms with van der Waals surface area (Å²) in [6.45, 7) is 0.961. The van der Waals surface area contributed by atoms with E-state index in [2.05, 4.69) is 10.1 Å². The van der Waals surface area contributed by atoms with Crippen molar-refractivity contribution in [3.63, 3.8) is 0 Å². The van der Waals surface area contributed by atoms with Gasteiger partial charge in [-0.1, -0.05) is 30.9 Å². The molecule has 0 unspecified atom stereocenters. The standard InChI is InChI=1S/C21H25ClF3NO3/c1-20(21(23,24)25)15(17(27)13-8-10-14(22)11-9-13)16(12-6-4-3-5-7-12)26-18(20)19(28)29-2/h8-12,15-16,18,26H,3-7H2,1-2H3/t15-,16+,18-,20-/m1/s1. The lowest BCUT2D eigenvalue weighted by atomic mass is 9.66. The lowest BCUT2D eigenvalue weighted by molar-refractivity contribution is -0.233. The topological polar surface area (TPSA) is 55.4 Å². The van der Waals surface area contributed by atoms with Crippen molar-refractivity contribution in [1.82, 2.24) is 5.32 Å². The number of nitrogens with one attached hydrogen (secondary N) is 1. The Morgan fingerprint density at radius 3 is 2.24 bits per heavy atom. The monoisotopic (exact) mass is 431 g/mol. The molecule has 3 rings (SSSR count). The van der Waals surface area contributed by atoms with Crippen molar-refractivity contribution in [2.45, 2.75) is 57.3 Å². The van der Waals surface area contributed by atoms with E-state index in [-0.39, 0.29) is 11.5 Å². The van der Waals surface area contributed by atoms with Crippen LogP contribution in [0, 0.1) is 17.3 Å². The van der Waals surface area contributed by atoms with Crippen molar-refractivity contribution >= 4 is 23.4 Å². The number of carbonyl (C=O) groups is 2. The first kappa shape index (κ1) is 22.1. The Kier molecular flexibility index (Phi) is 6.30. The summed E-state index contributed by atoms with van der Waals surface area (Å²) in [5, 5.41) is 3.27. The quantitative estimate of drug-likeness (QED) is 0.549. The van der Waals surface area contributed by atoms with Gasteiger partial charge < -0.3 is 4.74 Å². The molecule has 4 atom stereocenters. The molecule has 1 saturated heterocycles. The summed E-state index contributed by atoms with van der Waals surface area (Å²) >= 11 is 5.87. The van der Waals surface area contributed by atoms with E-state index in [0.717, 1.165) is 46.1 Å². The molecule has 4 nitrogen and oxygen atoms in total. The van der Waals surface area contributed by atoms with Gasteiger partial charge in [0, 0.05) is 16.6 Å². The zero-order valence-electron chi connectivity index (χ0n) is 16.4. The van der Waals surface area contributed by atoms with Crippen LogP contribution in [-0.4, -0.2) is 37.1 Å². The second kappa shape index (κ2) is 8.26. The number of hydrogen-bond acceptors (Lipinski definition) is 4. The molecule has 0 bridgehead atoms. The molecule has 2 fully saturated rings. The Labute approximate surface area is 173 Å². The summed E-state index contributed by atoms with van der Waals surface area (Å²) in [5.41, 5.74) is -2.43. The first-order valence-corrected chi connectivity index (χ1v) is 10.2. The van der Waals surface area contributed by atoms with Crippen LogP contribution in [0.25, 0.3) is 0 Å². The van der Waals surface area contributed by atoms with E-state index in [0.29, 0.717) is 5.02 Å². The Balaban J connectivity index is 2.10. The molecule has 8 heteroatoms. The van der Waals surface area contributed by atoms with Gasteiger partial charge in [-0.15, -0.1) is 0 Å². The van der Waals surface area contributed by atoms with Crippen molar-refractivity contribution in [2.24, 2.45) is 17.3 Å². The fraction of sp³-hybridized carbons (Fsp3) is 0.619. The molecule has 29 heavy (non-hydrogen) atoms. The molecule has 1 saturated carbocycles. The molecule has 160 valence electrons. The summed E-state index contributed by atoms with van der Waals surface area (Å²) in [6.07, 6.45) is -0.508. The molecule has 0 aromatic heterocycles. The van der Waals surface area contributed by atoms with Crippen LogP contribution < -0.4 is 5.32 Å². The number of ketones is 1. The van der Waals surface area contributed by atoms with Gasteiger partial charge in [0.05, 0.1) is 13.0 Å². The van der Waals surface area contributed by atoms with Gasteiger partial charge in [-0.2, -0.15) is 13.2 Å². The van der Waals surface area contributed by atoms with E-state index >= 15 is 0 Å². The minimum Gasteiger partial charge on any atom is -0.468 e. The molecule has 1 aromatic carbocycles. The number of carbonyl (C=O) groups excluding carboxylic acids is 2. The van der Waals surface area contributed by atoms with Crippen molar-refractivity contribution in [3.8, 4) is 0 Å².